The van der Waals surface area contributed by atoms with Gasteiger partial charge in [-0.3, -0.25) is 14.9 Å². The standard InChI is InChI=1S/C25H25N3O3/c1-18-16-25(27(19(2)29)21-8-4-3-5-9-21)23-10-6-7-11-24(23)26(18)17-20-12-14-22(15-13-20)28(30)31/h3-15,18,25H,16-17H2,1-2H3/t18-,25-/m0/s1. The second kappa shape index (κ2) is 8.60. The van der Waals surface area contributed by atoms with Gasteiger partial charge in [-0.25, -0.2) is 0 Å². The summed E-state index contributed by atoms with van der Waals surface area (Å²) in [4.78, 5) is 27.5. The van der Waals surface area contributed by atoms with Crippen LogP contribution < -0.4 is 9.80 Å². The predicted molar refractivity (Wildman–Crippen MR) is 122 cm³/mol. The van der Waals surface area contributed by atoms with Crippen LogP contribution in [0, 0.1) is 10.1 Å². The molecule has 6 heteroatoms. The molecule has 6 nitrogen and oxygen atoms in total. The zero-order chi connectivity index (χ0) is 22.0. The molecule has 3 aromatic carbocycles. The monoisotopic (exact) mass is 415 g/mol. The van der Waals surface area contributed by atoms with Gasteiger partial charge in [0, 0.05) is 43.0 Å². The van der Waals surface area contributed by atoms with Crippen molar-refractivity contribution in [3.63, 3.8) is 0 Å². The van der Waals surface area contributed by atoms with E-state index in [2.05, 4.69) is 24.0 Å². The molecule has 0 fully saturated rings. The van der Waals surface area contributed by atoms with Gasteiger partial charge in [-0.2, -0.15) is 0 Å². The summed E-state index contributed by atoms with van der Waals surface area (Å²) in [6.45, 7) is 4.43. The number of hydrogen-bond donors (Lipinski definition) is 0. The molecule has 1 heterocycles. The van der Waals surface area contributed by atoms with Gasteiger partial charge in [-0.1, -0.05) is 48.5 Å². The molecule has 1 aliphatic heterocycles. The third-order valence-electron chi connectivity index (χ3n) is 5.89. The molecular formula is C25H25N3O3. The van der Waals surface area contributed by atoms with E-state index in [0.29, 0.717) is 6.54 Å². The highest BCUT2D eigenvalue weighted by Crippen LogP contribution is 2.42. The third kappa shape index (κ3) is 4.14. The quantitative estimate of drug-likeness (QED) is 0.408. The Kier molecular flexibility index (Phi) is 5.71. The molecule has 0 aliphatic carbocycles. The molecule has 158 valence electrons. The number of non-ortho nitro benzene ring substituents is 1. The van der Waals surface area contributed by atoms with Crippen LogP contribution in [0.25, 0.3) is 0 Å². The van der Waals surface area contributed by atoms with Crippen LogP contribution in [0.1, 0.15) is 37.4 Å². The van der Waals surface area contributed by atoms with Crippen molar-refractivity contribution in [2.75, 3.05) is 9.80 Å². The highest BCUT2D eigenvalue weighted by atomic mass is 16.6. The first-order valence-electron chi connectivity index (χ1n) is 10.4. The summed E-state index contributed by atoms with van der Waals surface area (Å²) in [6, 6.07) is 24.8. The van der Waals surface area contributed by atoms with Gasteiger partial charge in [-0.15, -0.1) is 0 Å². The van der Waals surface area contributed by atoms with E-state index in [0.717, 1.165) is 28.9 Å². The summed E-state index contributed by atoms with van der Waals surface area (Å²) in [5.41, 5.74) is 4.20. The van der Waals surface area contributed by atoms with Crippen LogP contribution in [0.4, 0.5) is 17.1 Å². The lowest BCUT2D eigenvalue weighted by Crippen LogP contribution is -2.44. The Morgan fingerprint density at radius 2 is 1.68 bits per heavy atom. The van der Waals surface area contributed by atoms with Crippen molar-refractivity contribution in [3.05, 3.63) is 100 Å². The minimum Gasteiger partial charge on any atom is -0.364 e. The maximum absolute atomic E-state index is 12.7. The number of nitrogens with zero attached hydrogens (tertiary/aromatic N) is 3. The zero-order valence-corrected chi connectivity index (χ0v) is 17.6. The maximum Gasteiger partial charge on any atom is 0.269 e. The largest absolute Gasteiger partial charge is 0.364 e. The van der Waals surface area contributed by atoms with E-state index in [1.54, 1.807) is 19.1 Å². The first-order valence-corrected chi connectivity index (χ1v) is 10.4. The molecule has 0 saturated heterocycles. The SMILES string of the molecule is CC(=O)N(c1ccccc1)[C@H]1C[C@H](C)N(Cc2ccc([N+](=O)[O-])cc2)c2ccccc21. The molecule has 0 radical (unpaired) electrons. The van der Waals surface area contributed by atoms with Crippen LogP contribution in [0.15, 0.2) is 78.9 Å². The molecule has 0 saturated carbocycles. The Bertz CT molecular complexity index is 1080. The average molecular weight is 415 g/mol. The van der Waals surface area contributed by atoms with Crippen molar-refractivity contribution < 1.29 is 9.72 Å². The van der Waals surface area contributed by atoms with Crippen molar-refractivity contribution in [1.82, 2.24) is 0 Å². The first kappa shape index (κ1) is 20.6. The summed E-state index contributed by atoms with van der Waals surface area (Å²) in [5, 5.41) is 11.0. The average Bonchev–Trinajstić information content (AvgIpc) is 2.77. The molecule has 2 atom stereocenters. The molecular weight excluding hydrogens is 390 g/mol. The molecule has 3 aromatic rings. The fraction of sp³-hybridized carbons (Fsp3) is 0.240. The van der Waals surface area contributed by atoms with Gasteiger partial charge < -0.3 is 9.80 Å². The first-order chi connectivity index (χ1) is 15.0. The van der Waals surface area contributed by atoms with Crippen LogP contribution in [0.3, 0.4) is 0 Å². The van der Waals surface area contributed by atoms with E-state index >= 15 is 0 Å². The van der Waals surface area contributed by atoms with E-state index in [9.17, 15) is 14.9 Å². The van der Waals surface area contributed by atoms with Gasteiger partial charge in [0.1, 0.15) is 0 Å². The normalized spacial score (nSPS) is 17.7. The van der Waals surface area contributed by atoms with E-state index in [4.69, 9.17) is 0 Å². The van der Waals surface area contributed by atoms with Crippen LogP contribution >= 0.6 is 0 Å². The second-order valence-electron chi connectivity index (χ2n) is 7.94. The molecule has 1 amide bonds. The van der Waals surface area contributed by atoms with E-state index in [-0.39, 0.29) is 28.6 Å². The van der Waals surface area contributed by atoms with Crippen LogP contribution in [0.2, 0.25) is 0 Å². The van der Waals surface area contributed by atoms with Crippen molar-refractivity contribution in [2.24, 2.45) is 0 Å². The number of nitro benzene ring substituents is 1. The Morgan fingerprint density at radius 3 is 2.32 bits per heavy atom. The van der Waals surface area contributed by atoms with Crippen LogP contribution in [0.5, 0.6) is 0 Å². The lowest BCUT2D eigenvalue weighted by atomic mass is 9.89. The van der Waals surface area contributed by atoms with Gasteiger partial charge in [0.15, 0.2) is 0 Å². The Labute approximate surface area is 181 Å². The predicted octanol–water partition coefficient (Wildman–Crippen LogP) is 5.49. The van der Waals surface area contributed by atoms with Crippen LogP contribution in [-0.2, 0) is 11.3 Å². The summed E-state index contributed by atoms with van der Waals surface area (Å²) >= 11 is 0. The summed E-state index contributed by atoms with van der Waals surface area (Å²) in [5.74, 6) is 0.0158. The van der Waals surface area contributed by atoms with Gasteiger partial charge in [-0.05, 0) is 42.7 Å². The third-order valence-corrected chi connectivity index (χ3v) is 5.89. The van der Waals surface area contributed by atoms with Crippen molar-refractivity contribution >= 4 is 23.0 Å². The minimum atomic E-state index is -0.382. The number of anilines is 2. The van der Waals surface area contributed by atoms with Crippen molar-refractivity contribution in [2.45, 2.75) is 38.9 Å². The van der Waals surface area contributed by atoms with E-state index < -0.39 is 0 Å². The summed E-state index contributed by atoms with van der Waals surface area (Å²) in [6.07, 6.45) is 0.790. The van der Waals surface area contributed by atoms with Crippen molar-refractivity contribution in [1.29, 1.82) is 0 Å². The Morgan fingerprint density at radius 1 is 1.03 bits per heavy atom. The fourth-order valence-electron chi connectivity index (χ4n) is 4.42. The molecule has 31 heavy (non-hydrogen) atoms. The second-order valence-corrected chi connectivity index (χ2v) is 7.94. The molecule has 0 spiro atoms. The number of amides is 1. The highest BCUT2D eigenvalue weighted by Gasteiger charge is 2.35. The number of fused-ring (bicyclic) bond motifs is 1. The molecule has 4 rings (SSSR count). The lowest BCUT2D eigenvalue weighted by molar-refractivity contribution is -0.384. The Balaban J connectivity index is 1.69. The summed E-state index contributed by atoms with van der Waals surface area (Å²) < 4.78 is 0. The molecule has 0 unspecified atom stereocenters. The highest BCUT2D eigenvalue weighted by molar-refractivity contribution is 5.92. The number of hydrogen-bond acceptors (Lipinski definition) is 4. The van der Waals surface area contributed by atoms with Gasteiger partial charge in [0.05, 0.1) is 11.0 Å². The topological polar surface area (TPSA) is 66.7 Å². The number of carbonyl (C=O) groups is 1. The summed E-state index contributed by atoms with van der Waals surface area (Å²) in [7, 11) is 0. The smallest absolute Gasteiger partial charge is 0.269 e. The van der Waals surface area contributed by atoms with E-state index in [1.165, 1.54) is 0 Å². The number of rotatable bonds is 5. The van der Waals surface area contributed by atoms with E-state index in [1.807, 2.05) is 59.5 Å². The van der Waals surface area contributed by atoms with Gasteiger partial charge in [0.2, 0.25) is 5.91 Å². The van der Waals surface area contributed by atoms with Crippen LogP contribution in [-0.4, -0.2) is 16.9 Å². The Hall–Kier alpha value is -3.67. The number of para-hydroxylation sites is 2. The maximum atomic E-state index is 12.7. The van der Waals surface area contributed by atoms with Crippen molar-refractivity contribution in [3.8, 4) is 0 Å². The van der Waals surface area contributed by atoms with Gasteiger partial charge in [0.25, 0.3) is 5.69 Å². The molecule has 0 aromatic heterocycles. The number of nitro groups is 1. The number of benzene rings is 3. The number of carbonyl (C=O) groups excluding carboxylic acids is 1. The zero-order valence-electron chi connectivity index (χ0n) is 17.6. The van der Waals surface area contributed by atoms with Gasteiger partial charge >= 0.3 is 0 Å². The lowest BCUT2D eigenvalue weighted by Gasteiger charge is -2.44. The fourth-order valence-corrected chi connectivity index (χ4v) is 4.42. The minimum absolute atomic E-state index is 0.0158. The molecule has 1 aliphatic rings. The molecule has 0 bridgehead atoms. The molecule has 0 N–H and O–H groups in total.